The fourth-order valence-corrected chi connectivity index (χ4v) is 3.81. The molecule has 0 bridgehead atoms. The van der Waals surface area contributed by atoms with Crippen molar-refractivity contribution in [3.05, 3.63) is 71.3 Å². The van der Waals surface area contributed by atoms with Crippen LogP contribution in [0, 0.1) is 6.92 Å². The van der Waals surface area contributed by atoms with E-state index in [0.29, 0.717) is 30.5 Å². The van der Waals surface area contributed by atoms with E-state index in [9.17, 15) is 4.21 Å². The van der Waals surface area contributed by atoms with Crippen LogP contribution in [0.4, 0.5) is 0 Å². The van der Waals surface area contributed by atoms with E-state index in [-0.39, 0.29) is 0 Å². The standard InChI is InChI=1S/C22H31N3OS/c1-4-23-22(25-16-19(3)21-12-8-9-18(2)15-21)24-13-14-27(26)17-20-10-6-5-7-11-20/h5-12,15,19H,4,13-14,16-17H2,1-3H3,(H2,23,24,25). The Hall–Kier alpha value is -2.14. The van der Waals surface area contributed by atoms with Crippen molar-refractivity contribution >= 4 is 16.8 Å². The van der Waals surface area contributed by atoms with Crippen LogP contribution >= 0.6 is 0 Å². The summed E-state index contributed by atoms with van der Waals surface area (Å²) in [7, 11) is -0.882. The van der Waals surface area contributed by atoms with Gasteiger partial charge < -0.3 is 10.6 Å². The van der Waals surface area contributed by atoms with Gasteiger partial charge in [-0.05, 0) is 25.0 Å². The molecule has 0 fully saturated rings. The summed E-state index contributed by atoms with van der Waals surface area (Å²) in [5.41, 5.74) is 3.69. The maximum absolute atomic E-state index is 12.2. The van der Waals surface area contributed by atoms with Gasteiger partial charge in [-0.2, -0.15) is 0 Å². The number of aliphatic imine (C=N–C) groups is 1. The number of guanidine groups is 1. The highest BCUT2D eigenvalue weighted by Crippen LogP contribution is 2.16. The van der Waals surface area contributed by atoms with Crippen LogP contribution in [0.15, 0.2) is 59.6 Å². The lowest BCUT2D eigenvalue weighted by Crippen LogP contribution is -2.39. The summed E-state index contributed by atoms with van der Waals surface area (Å²) in [5.74, 6) is 2.34. The van der Waals surface area contributed by atoms with Crippen LogP contribution in [-0.2, 0) is 16.6 Å². The van der Waals surface area contributed by atoms with Gasteiger partial charge >= 0.3 is 0 Å². The molecule has 0 saturated carbocycles. The lowest BCUT2D eigenvalue weighted by Gasteiger charge is -2.14. The first kappa shape index (κ1) is 21.2. The molecule has 146 valence electrons. The molecule has 2 unspecified atom stereocenters. The molecular weight excluding hydrogens is 354 g/mol. The molecule has 0 spiro atoms. The number of nitrogens with zero attached hydrogens (tertiary/aromatic N) is 1. The molecule has 0 radical (unpaired) electrons. The summed E-state index contributed by atoms with van der Waals surface area (Å²) in [6.07, 6.45) is 0. The second kappa shape index (κ2) is 11.5. The Morgan fingerprint density at radius 2 is 1.89 bits per heavy atom. The normalized spacial score (nSPS) is 13.8. The molecule has 5 heteroatoms. The number of nitrogens with one attached hydrogen (secondary N) is 2. The summed E-state index contributed by atoms with van der Waals surface area (Å²) in [6.45, 7) is 8.51. The van der Waals surface area contributed by atoms with Gasteiger partial charge in [0, 0.05) is 47.9 Å². The Labute approximate surface area is 166 Å². The number of hydrogen-bond donors (Lipinski definition) is 2. The fraction of sp³-hybridized carbons (Fsp3) is 0.409. The smallest absolute Gasteiger partial charge is 0.191 e. The van der Waals surface area contributed by atoms with Crippen LogP contribution in [0.25, 0.3) is 0 Å². The summed E-state index contributed by atoms with van der Waals surface area (Å²) in [4.78, 5) is 4.70. The molecule has 0 heterocycles. The zero-order chi connectivity index (χ0) is 19.5. The zero-order valence-electron chi connectivity index (χ0n) is 16.6. The molecule has 0 aliphatic heterocycles. The summed E-state index contributed by atoms with van der Waals surface area (Å²) in [5, 5.41) is 6.57. The number of aryl methyl sites for hydroxylation is 1. The van der Waals surface area contributed by atoms with Crippen LogP contribution in [0.2, 0.25) is 0 Å². The highest BCUT2D eigenvalue weighted by Gasteiger charge is 2.07. The maximum Gasteiger partial charge on any atom is 0.191 e. The Kier molecular flexibility index (Phi) is 9.05. The molecule has 27 heavy (non-hydrogen) atoms. The van der Waals surface area contributed by atoms with E-state index in [4.69, 9.17) is 4.99 Å². The van der Waals surface area contributed by atoms with Crippen LogP contribution < -0.4 is 10.6 Å². The highest BCUT2D eigenvalue weighted by atomic mass is 32.2. The predicted octanol–water partition coefficient (Wildman–Crippen LogP) is 3.60. The van der Waals surface area contributed by atoms with Gasteiger partial charge in [0.15, 0.2) is 5.96 Å². The van der Waals surface area contributed by atoms with Crippen molar-refractivity contribution in [2.45, 2.75) is 32.4 Å². The molecule has 2 aromatic rings. The van der Waals surface area contributed by atoms with E-state index in [1.54, 1.807) is 0 Å². The molecule has 0 amide bonds. The van der Waals surface area contributed by atoms with Gasteiger partial charge in [0.25, 0.3) is 0 Å². The lowest BCUT2D eigenvalue weighted by atomic mass is 10.00. The van der Waals surface area contributed by atoms with E-state index in [1.807, 2.05) is 30.3 Å². The largest absolute Gasteiger partial charge is 0.357 e. The van der Waals surface area contributed by atoms with Crippen molar-refractivity contribution in [1.82, 2.24) is 10.6 Å². The van der Waals surface area contributed by atoms with E-state index in [2.05, 4.69) is 55.7 Å². The summed E-state index contributed by atoms with van der Waals surface area (Å²) < 4.78 is 12.2. The third-order valence-electron chi connectivity index (χ3n) is 4.27. The maximum atomic E-state index is 12.2. The molecule has 2 aromatic carbocycles. The van der Waals surface area contributed by atoms with Crippen molar-refractivity contribution < 1.29 is 4.21 Å². The first-order valence-electron chi connectivity index (χ1n) is 9.56. The van der Waals surface area contributed by atoms with Crippen LogP contribution in [0.1, 0.15) is 36.5 Å². The molecule has 2 rings (SSSR count). The average Bonchev–Trinajstić information content (AvgIpc) is 2.66. The summed E-state index contributed by atoms with van der Waals surface area (Å²) in [6, 6.07) is 18.6. The molecule has 2 atom stereocenters. The number of rotatable bonds is 9. The van der Waals surface area contributed by atoms with Crippen molar-refractivity contribution in [2.24, 2.45) is 4.99 Å². The van der Waals surface area contributed by atoms with Gasteiger partial charge in [0.2, 0.25) is 0 Å². The first-order chi connectivity index (χ1) is 13.1. The third-order valence-corrected chi connectivity index (χ3v) is 5.59. The van der Waals surface area contributed by atoms with Gasteiger partial charge in [0.05, 0.1) is 0 Å². The molecule has 0 aliphatic carbocycles. The molecular formula is C22H31N3OS. The van der Waals surface area contributed by atoms with Crippen molar-refractivity contribution in [1.29, 1.82) is 0 Å². The predicted molar refractivity (Wildman–Crippen MR) is 117 cm³/mol. The van der Waals surface area contributed by atoms with Gasteiger partial charge in [-0.1, -0.05) is 67.1 Å². The lowest BCUT2D eigenvalue weighted by molar-refractivity contribution is 0.680. The van der Waals surface area contributed by atoms with Gasteiger partial charge in [-0.25, -0.2) is 0 Å². The summed E-state index contributed by atoms with van der Waals surface area (Å²) >= 11 is 0. The molecule has 0 aromatic heterocycles. The Morgan fingerprint density at radius 1 is 1.11 bits per heavy atom. The molecule has 0 aliphatic rings. The SMILES string of the molecule is CCNC(=NCC(C)c1cccc(C)c1)NCCS(=O)Cc1ccccc1. The second-order valence-electron chi connectivity index (χ2n) is 6.74. The van der Waals surface area contributed by atoms with Gasteiger partial charge in [0.1, 0.15) is 0 Å². The van der Waals surface area contributed by atoms with Crippen molar-refractivity contribution in [3.8, 4) is 0 Å². The minimum absolute atomic E-state index is 0.354. The highest BCUT2D eigenvalue weighted by molar-refractivity contribution is 7.84. The quantitative estimate of drug-likeness (QED) is 0.512. The van der Waals surface area contributed by atoms with Crippen molar-refractivity contribution in [3.63, 3.8) is 0 Å². The molecule has 4 nitrogen and oxygen atoms in total. The Morgan fingerprint density at radius 3 is 2.59 bits per heavy atom. The number of hydrogen-bond acceptors (Lipinski definition) is 2. The second-order valence-corrected chi connectivity index (χ2v) is 8.31. The van der Waals surface area contributed by atoms with E-state index in [0.717, 1.165) is 18.1 Å². The number of benzene rings is 2. The van der Waals surface area contributed by atoms with Crippen molar-refractivity contribution in [2.75, 3.05) is 25.4 Å². The van der Waals surface area contributed by atoms with Crippen LogP contribution in [0.5, 0.6) is 0 Å². The minimum Gasteiger partial charge on any atom is -0.357 e. The average molecular weight is 386 g/mol. The van der Waals surface area contributed by atoms with Crippen LogP contribution in [0.3, 0.4) is 0 Å². The minimum atomic E-state index is -0.882. The monoisotopic (exact) mass is 385 g/mol. The first-order valence-corrected chi connectivity index (χ1v) is 11.0. The van der Waals surface area contributed by atoms with Gasteiger partial charge in [-0.15, -0.1) is 0 Å². The van der Waals surface area contributed by atoms with E-state index < -0.39 is 10.8 Å². The third kappa shape index (κ3) is 7.95. The van der Waals surface area contributed by atoms with Gasteiger partial charge in [-0.3, -0.25) is 9.20 Å². The van der Waals surface area contributed by atoms with Crippen LogP contribution in [-0.4, -0.2) is 35.6 Å². The molecule has 2 N–H and O–H groups in total. The molecule has 0 saturated heterocycles. The fourth-order valence-electron chi connectivity index (χ4n) is 2.77. The topological polar surface area (TPSA) is 53.5 Å². The van der Waals surface area contributed by atoms with E-state index >= 15 is 0 Å². The Balaban J connectivity index is 1.81. The zero-order valence-corrected chi connectivity index (χ0v) is 17.4. The Bertz CT molecular complexity index is 746. The van der Waals surface area contributed by atoms with E-state index in [1.165, 1.54) is 11.1 Å².